The second-order valence-electron chi connectivity index (χ2n) is 21.5. The van der Waals surface area contributed by atoms with Crippen LogP contribution in [0.5, 0.6) is 0 Å². The van der Waals surface area contributed by atoms with Gasteiger partial charge in [0.25, 0.3) is 5.91 Å². The van der Waals surface area contributed by atoms with Crippen molar-refractivity contribution in [1.82, 2.24) is 30.7 Å². The predicted molar refractivity (Wildman–Crippen MR) is 245 cm³/mol. The number of hydrogen-bond acceptors (Lipinski definition) is 9. The minimum absolute atomic E-state index is 0.120. The topological polar surface area (TPSA) is 156 Å². The van der Waals surface area contributed by atoms with E-state index in [0.29, 0.717) is 82.1 Å². The van der Waals surface area contributed by atoms with Crippen molar-refractivity contribution in [3.8, 4) is 0 Å². The fourth-order valence-corrected chi connectivity index (χ4v) is 13.0. The Bertz CT molecular complexity index is 2580. The van der Waals surface area contributed by atoms with Crippen LogP contribution in [0, 0.1) is 16.6 Å². The Morgan fingerprint density at radius 1 is 0.956 bits per heavy atom. The van der Waals surface area contributed by atoms with Gasteiger partial charge in [-0.1, -0.05) is 44.5 Å². The maximum atomic E-state index is 16.4. The molecule has 2 aromatic carbocycles. The van der Waals surface area contributed by atoms with Gasteiger partial charge in [0.15, 0.2) is 0 Å². The van der Waals surface area contributed by atoms with E-state index in [1.165, 1.54) is 12.3 Å². The molecule has 3 aliphatic carbocycles. The highest BCUT2D eigenvalue weighted by molar-refractivity contribution is 6.30. The first-order valence-corrected chi connectivity index (χ1v) is 24.2. The number of nitrogens with zero attached hydrogens (tertiary/aromatic N) is 4. The summed E-state index contributed by atoms with van der Waals surface area (Å²) in [5.74, 6) is -2.75. The van der Waals surface area contributed by atoms with Crippen LogP contribution in [-0.2, 0) is 37.3 Å². The highest BCUT2D eigenvalue weighted by Crippen LogP contribution is 2.58. The van der Waals surface area contributed by atoms with Gasteiger partial charge in [-0.2, -0.15) is 13.2 Å². The number of carbonyl (C=O) groups excluding carboxylic acids is 5. The lowest BCUT2D eigenvalue weighted by atomic mass is 9.56. The van der Waals surface area contributed by atoms with Crippen molar-refractivity contribution in [2.75, 3.05) is 42.9 Å². The molecule has 8 aliphatic rings. The van der Waals surface area contributed by atoms with E-state index in [0.717, 1.165) is 30.3 Å². The average molecular weight is 962 g/mol. The Hall–Kier alpha value is -5.29. The van der Waals surface area contributed by atoms with Crippen molar-refractivity contribution in [1.29, 1.82) is 0 Å². The summed E-state index contributed by atoms with van der Waals surface area (Å²) in [7, 11) is 0. The number of aromatic nitrogens is 1. The van der Waals surface area contributed by atoms with Crippen molar-refractivity contribution < 1.29 is 41.5 Å². The number of fused-ring (bicyclic) bond motifs is 6. The maximum Gasteiger partial charge on any atom is 0.433 e. The van der Waals surface area contributed by atoms with Crippen molar-refractivity contribution in [3.05, 3.63) is 87.4 Å². The lowest BCUT2D eigenvalue weighted by Crippen LogP contribution is -2.62. The summed E-state index contributed by atoms with van der Waals surface area (Å²) in [6, 6.07) is 9.25. The zero-order valence-corrected chi connectivity index (χ0v) is 39.2. The lowest BCUT2D eigenvalue weighted by Gasteiger charge is -2.54. The zero-order chi connectivity index (χ0) is 48.1. The number of anilines is 2. The molecule has 0 radical (unpaired) electrons. The summed E-state index contributed by atoms with van der Waals surface area (Å²) in [5, 5.41) is 12.5. The van der Waals surface area contributed by atoms with Crippen molar-refractivity contribution in [2.45, 2.75) is 133 Å². The average Bonchev–Trinajstić information content (AvgIpc) is 3.86. The number of halogens is 5. The number of hydrogen-bond donors (Lipinski definition) is 4. The first-order chi connectivity index (χ1) is 32.2. The molecule has 4 N–H and O–H groups in total. The van der Waals surface area contributed by atoms with Crippen LogP contribution in [0.4, 0.5) is 28.9 Å². The van der Waals surface area contributed by atoms with Crippen LogP contribution in [0.3, 0.4) is 0 Å². The van der Waals surface area contributed by atoms with Gasteiger partial charge < -0.3 is 30.7 Å². The van der Waals surface area contributed by atoms with Gasteiger partial charge >= 0.3 is 6.18 Å². The Morgan fingerprint density at radius 3 is 2.41 bits per heavy atom. The van der Waals surface area contributed by atoms with Crippen LogP contribution in [0.2, 0.25) is 5.02 Å². The first kappa shape index (κ1) is 46.4. The van der Waals surface area contributed by atoms with Crippen molar-refractivity contribution in [3.63, 3.8) is 0 Å². The number of amides is 5. The SMILES string of the molecule is CC(C)(C)C[C@@H]1N[C@@H](C(=O)NC23CCC(C(=O)N4CCCN(c5ccc6c(c5)CN(C5CCC(=O)NC5=O)C6=O)CC4)(CC2)CC3)[C@H](c2cccc(Cl)c2F)[C@]12CNc1cc(C(F)(F)F)ncc12. The predicted octanol–water partition coefficient (Wildman–Crippen LogP) is 6.83. The number of benzene rings is 2. The van der Waals surface area contributed by atoms with Crippen LogP contribution >= 0.6 is 11.6 Å². The fourth-order valence-electron chi connectivity index (χ4n) is 12.8. The molecule has 3 saturated carbocycles. The van der Waals surface area contributed by atoms with Crippen LogP contribution in [-0.4, -0.2) is 101 Å². The summed E-state index contributed by atoms with van der Waals surface area (Å²) in [5.41, 5.74) is -0.315. The van der Waals surface area contributed by atoms with Gasteiger partial charge in [-0.25, -0.2) is 4.39 Å². The van der Waals surface area contributed by atoms with Gasteiger partial charge in [0, 0.05) is 103 Å². The number of piperidine rings is 1. The van der Waals surface area contributed by atoms with E-state index >= 15 is 9.18 Å². The second-order valence-corrected chi connectivity index (χ2v) is 21.9. The smallest absolute Gasteiger partial charge is 0.384 e. The molecule has 362 valence electrons. The summed E-state index contributed by atoms with van der Waals surface area (Å²) < 4.78 is 58.2. The lowest BCUT2D eigenvalue weighted by molar-refractivity contribution is -0.150. The van der Waals surface area contributed by atoms with E-state index in [1.54, 1.807) is 23.1 Å². The number of alkyl halides is 3. The quantitative estimate of drug-likeness (QED) is 0.148. The largest absolute Gasteiger partial charge is 0.433 e. The van der Waals surface area contributed by atoms with Gasteiger partial charge in [-0.05, 0) is 105 Å². The number of nitrogens with one attached hydrogen (secondary N) is 4. The molecule has 2 bridgehead atoms. The molecule has 3 aromatic rings. The zero-order valence-electron chi connectivity index (χ0n) is 38.5. The third-order valence-electron chi connectivity index (χ3n) is 16.3. The standard InChI is InChI=1S/C50H57ClF4N8O5/c1-46(2,3)24-37-49(27-57-34-23-36(50(53,54)55)56-25-32(34)49)39(31-6-4-7-33(51)40(31)52)41(58-37)43(66)60-48-15-12-47(13-16-48,14-17-48)45(68)62-19-5-18-61(20-21-62)29-8-9-30-28(22-29)26-63(44(30)67)35-10-11-38(64)59-42(35)65/h4,6-9,22-23,25,35,37,39,41,57-58H,5,10-21,24,26-27H2,1-3H3,(H,60,66)(H,59,64,65)/t35?,37-,39-,41+,47?,48?,49-/m0/s1. The molecule has 13 nitrogen and oxygen atoms in total. The summed E-state index contributed by atoms with van der Waals surface area (Å²) in [4.78, 5) is 76.9. The summed E-state index contributed by atoms with van der Waals surface area (Å²) >= 11 is 6.42. The molecule has 6 heterocycles. The summed E-state index contributed by atoms with van der Waals surface area (Å²) in [6.07, 6.45) is 1.86. The summed E-state index contributed by atoms with van der Waals surface area (Å²) in [6.45, 7) is 9.03. The normalized spacial score (nSPS) is 30.3. The molecule has 18 heteroatoms. The van der Waals surface area contributed by atoms with Gasteiger partial charge in [0.05, 0.1) is 11.1 Å². The van der Waals surface area contributed by atoms with E-state index in [9.17, 15) is 32.3 Å². The molecule has 11 rings (SSSR count). The number of pyridine rings is 1. The van der Waals surface area contributed by atoms with E-state index in [2.05, 4.69) is 51.9 Å². The molecule has 3 saturated heterocycles. The molecule has 1 spiro atoms. The highest BCUT2D eigenvalue weighted by Gasteiger charge is 2.63. The Labute approximate surface area is 397 Å². The third kappa shape index (κ3) is 7.88. The molecule has 1 unspecified atom stereocenters. The molecular weight excluding hydrogens is 904 g/mol. The van der Waals surface area contributed by atoms with E-state index < -0.39 is 64.0 Å². The Kier molecular flexibility index (Phi) is 11.4. The molecule has 6 fully saturated rings. The highest BCUT2D eigenvalue weighted by atomic mass is 35.5. The Balaban J connectivity index is 0.837. The third-order valence-corrected chi connectivity index (χ3v) is 16.6. The molecule has 1 aromatic heterocycles. The van der Waals surface area contributed by atoms with Gasteiger partial charge in [0.1, 0.15) is 17.6 Å². The van der Waals surface area contributed by atoms with E-state index in [-0.39, 0.29) is 64.8 Å². The first-order valence-electron chi connectivity index (χ1n) is 23.9. The van der Waals surface area contributed by atoms with Gasteiger partial charge in [0.2, 0.25) is 23.6 Å². The molecule has 68 heavy (non-hydrogen) atoms. The van der Waals surface area contributed by atoms with Crippen LogP contribution in [0.1, 0.15) is 124 Å². The number of carbonyl (C=O) groups is 5. The molecule has 5 amide bonds. The minimum Gasteiger partial charge on any atom is -0.384 e. The Morgan fingerprint density at radius 2 is 1.71 bits per heavy atom. The minimum atomic E-state index is -4.68. The van der Waals surface area contributed by atoms with E-state index in [1.807, 2.05) is 17.0 Å². The van der Waals surface area contributed by atoms with Crippen LogP contribution < -0.4 is 26.2 Å². The maximum absolute atomic E-state index is 16.4. The molecule has 5 atom stereocenters. The molecule has 5 aliphatic heterocycles. The number of imide groups is 1. The fraction of sp³-hybridized carbons (Fsp3) is 0.560. The van der Waals surface area contributed by atoms with Crippen LogP contribution in [0.15, 0.2) is 48.7 Å². The van der Waals surface area contributed by atoms with Gasteiger partial charge in [-0.15, -0.1) is 0 Å². The monoisotopic (exact) mass is 960 g/mol. The second kappa shape index (κ2) is 16.7. The molecular formula is C50H57ClF4N8O5. The van der Waals surface area contributed by atoms with Crippen molar-refractivity contribution in [2.24, 2.45) is 10.8 Å². The van der Waals surface area contributed by atoms with E-state index in [4.69, 9.17) is 11.6 Å². The van der Waals surface area contributed by atoms with Crippen molar-refractivity contribution >= 4 is 52.5 Å². The van der Waals surface area contributed by atoms with Gasteiger partial charge in [-0.3, -0.25) is 34.3 Å². The number of rotatable bonds is 7. The van der Waals surface area contributed by atoms with Crippen LogP contribution in [0.25, 0.3) is 0 Å².